The molecule has 3 rings (SSSR count). The molecule has 2 N–H and O–H groups in total. The molecule has 0 bridgehead atoms. The second-order valence-electron chi connectivity index (χ2n) is 6.72. The number of amides is 3. The first-order valence-electron chi connectivity index (χ1n) is 9.78. The lowest BCUT2D eigenvalue weighted by Gasteiger charge is -2.27. The van der Waals surface area contributed by atoms with Crippen LogP contribution in [0.25, 0.3) is 0 Å². The van der Waals surface area contributed by atoms with Crippen molar-refractivity contribution in [2.45, 2.75) is 0 Å². The maximum atomic E-state index is 12.8. The van der Waals surface area contributed by atoms with Crippen molar-refractivity contribution < 1.29 is 28.7 Å². The number of hydrogen-bond donors (Lipinski definition) is 2. The Hall–Kier alpha value is -4.05. The highest BCUT2D eigenvalue weighted by molar-refractivity contribution is 6.40. The summed E-state index contributed by atoms with van der Waals surface area (Å²) in [4.78, 5) is 50.2. The third kappa shape index (κ3) is 5.76. The average molecular weight is 438 g/mol. The molecule has 1 aliphatic heterocycles. The smallest absolute Gasteiger partial charge is 0.337 e. The first-order valence-corrected chi connectivity index (χ1v) is 9.78. The SMILES string of the molecule is COC(=O)c1ccc(/C=N/NC(=O)C(=O)Nc2ccccc2C(=O)N2CCOCC2)cc1. The van der Waals surface area contributed by atoms with Crippen molar-refractivity contribution >= 4 is 35.6 Å². The van der Waals surface area contributed by atoms with Crippen LogP contribution in [0.4, 0.5) is 5.69 Å². The van der Waals surface area contributed by atoms with E-state index in [0.717, 1.165) is 0 Å². The second kappa shape index (κ2) is 10.8. The van der Waals surface area contributed by atoms with E-state index in [1.54, 1.807) is 53.4 Å². The lowest BCUT2D eigenvalue weighted by Crippen LogP contribution is -2.41. The number of para-hydroxylation sites is 1. The van der Waals surface area contributed by atoms with Gasteiger partial charge in [-0.25, -0.2) is 10.2 Å². The van der Waals surface area contributed by atoms with Gasteiger partial charge in [-0.2, -0.15) is 5.10 Å². The van der Waals surface area contributed by atoms with Crippen molar-refractivity contribution in [3.63, 3.8) is 0 Å². The monoisotopic (exact) mass is 438 g/mol. The number of rotatable bonds is 5. The highest BCUT2D eigenvalue weighted by Gasteiger charge is 2.22. The third-order valence-electron chi connectivity index (χ3n) is 4.62. The number of morpholine rings is 1. The quantitative estimate of drug-likeness (QED) is 0.311. The van der Waals surface area contributed by atoms with Crippen LogP contribution in [0.2, 0.25) is 0 Å². The van der Waals surface area contributed by atoms with Crippen LogP contribution in [0, 0.1) is 0 Å². The number of hydrogen-bond acceptors (Lipinski definition) is 7. The van der Waals surface area contributed by atoms with Crippen LogP contribution in [-0.4, -0.2) is 68.2 Å². The Morgan fingerprint density at radius 2 is 1.69 bits per heavy atom. The van der Waals surface area contributed by atoms with Gasteiger partial charge in [0.2, 0.25) is 0 Å². The predicted molar refractivity (Wildman–Crippen MR) is 115 cm³/mol. The van der Waals surface area contributed by atoms with Crippen molar-refractivity contribution in [3.05, 3.63) is 65.2 Å². The third-order valence-corrected chi connectivity index (χ3v) is 4.62. The molecule has 166 valence electrons. The van der Waals surface area contributed by atoms with Crippen LogP contribution in [0.5, 0.6) is 0 Å². The van der Waals surface area contributed by atoms with Crippen LogP contribution in [0.15, 0.2) is 53.6 Å². The van der Waals surface area contributed by atoms with Gasteiger partial charge in [-0.05, 0) is 29.8 Å². The fraction of sp³-hybridized carbons (Fsp3) is 0.227. The van der Waals surface area contributed by atoms with Gasteiger partial charge in [0, 0.05) is 13.1 Å². The van der Waals surface area contributed by atoms with Crippen LogP contribution >= 0.6 is 0 Å². The summed E-state index contributed by atoms with van der Waals surface area (Å²) < 4.78 is 9.87. The maximum absolute atomic E-state index is 12.8. The summed E-state index contributed by atoms with van der Waals surface area (Å²) in [6.07, 6.45) is 1.32. The van der Waals surface area contributed by atoms with Gasteiger partial charge in [0.25, 0.3) is 5.91 Å². The first-order chi connectivity index (χ1) is 15.5. The average Bonchev–Trinajstić information content (AvgIpc) is 2.84. The number of methoxy groups -OCH3 is 1. The Bertz CT molecular complexity index is 1030. The Morgan fingerprint density at radius 1 is 1.00 bits per heavy atom. The first kappa shape index (κ1) is 22.6. The fourth-order valence-corrected chi connectivity index (χ4v) is 2.93. The number of esters is 1. The molecule has 1 heterocycles. The zero-order valence-electron chi connectivity index (χ0n) is 17.4. The van der Waals surface area contributed by atoms with Gasteiger partial charge in [-0.1, -0.05) is 24.3 Å². The number of hydrazone groups is 1. The summed E-state index contributed by atoms with van der Waals surface area (Å²) in [7, 11) is 1.29. The molecule has 32 heavy (non-hydrogen) atoms. The van der Waals surface area contributed by atoms with Crippen LogP contribution in [0.1, 0.15) is 26.3 Å². The van der Waals surface area contributed by atoms with Gasteiger partial charge in [-0.3, -0.25) is 14.4 Å². The summed E-state index contributed by atoms with van der Waals surface area (Å²) in [6.45, 7) is 1.81. The molecule has 1 aliphatic rings. The van der Waals surface area contributed by atoms with Gasteiger partial charge >= 0.3 is 17.8 Å². The molecule has 2 aromatic rings. The molecular weight excluding hydrogens is 416 g/mol. The van der Waals surface area contributed by atoms with Crippen LogP contribution in [0.3, 0.4) is 0 Å². The van der Waals surface area contributed by atoms with E-state index in [0.29, 0.717) is 37.4 Å². The number of ether oxygens (including phenoxy) is 2. The molecule has 0 unspecified atom stereocenters. The lowest BCUT2D eigenvalue weighted by atomic mass is 10.1. The standard InChI is InChI=1S/C22H22N4O6/c1-31-22(30)16-8-6-15(7-9-16)14-23-25-20(28)19(27)24-18-5-3-2-4-17(18)21(29)26-10-12-32-13-11-26/h2-9,14H,10-13H2,1H3,(H,24,27)(H,25,28)/b23-14+. The van der Waals surface area contributed by atoms with Crippen molar-refractivity contribution in [2.24, 2.45) is 5.10 Å². The molecule has 10 nitrogen and oxygen atoms in total. The van der Waals surface area contributed by atoms with Crippen LogP contribution in [-0.2, 0) is 19.1 Å². The Kier molecular flexibility index (Phi) is 7.65. The number of carbonyl (C=O) groups excluding carboxylic acids is 4. The Labute approximate surface area is 184 Å². The number of carbonyl (C=O) groups is 4. The Balaban J connectivity index is 1.59. The molecule has 1 fully saturated rings. The van der Waals surface area contributed by atoms with Gasteiger partial charge in [0.15, 0.2) is 0 Å². The molecular formula is C22H22N4O6. The largest absolute Gasteiger partial charge is 0.465 e. The summed E-state index contributed by atoms with van der Waals surface area (Å²) in [6, 6.07) is 12.8. The van der Waals surface area contributed by atoms with E-state index in [2.05, 4.69) is 20.6 Å². The van der Waals surface area contributed by atoms with Gasteiger partial charge in [-0.15, -0.1) is 0 Å². The van der Waals surface area contributed by atoms with Crippen LogP contribution < -0.4 is 10.7 Å². The number of nitrogens with one attached hydrogen (secondary N) is 2. The topological polar surface area (TPSA) is 126 Å². The minimum absolute atomic E-state index is 0.228. The molecule has 10 heteroatoms. The molecule has 0 atom stereocenters. The minimum atomic E-state index is -0.999. The summed E-state index contributed by atoms with van der Waals surface area (Å²) >= 11 is 0. The molecule has 0 aliphatic carbocycles. The summed E-state index contributed by atoms with van der Waals surface area (Å²) in [5, 5.41) is 6.19. The van der Waals surface area contributed by atoms with E-state index in [-0.39, 0.29) is 17.2 Å². The number of nitrogens with zero attached hydrogens (tertiary/aromatic N) is 2. The summed E-state index contributed by atoms with van der Waals surface area (Å²) in [5.74, 6) is -2.68. The second-order valence-corrected chi connectivity index (χ2v) is 6.72. The van der Waals surface area contributed by atoms with E-state index >= 15 is 0 Å². The normalized spacial score (nSPS) is 13.5. The summed E-state index contributed by atoms with van der Waals surface area (Å²) in [5.41, 5.74) is 3.61. The fourth-order valence-electron chi connectivity index (χ4n) is 2.93. The molecule has 0 radical (unpaired) electrons. The van der Waals surface area contributed by atoms with E-state index in [1.165, 1.54) is 13.3 Å². The molecule has 0 saturated carbocycles. The maximum Gasteiger partial charge on any atom is 0.337 e. The van der Waals surface area contributed by atoms with E-state index in [4.69, 9.17) is 4.74 Å². The zero-order chi connectivity index (χ0) is 22.9. The lowest BCUT2D eigenvalue weighted by molar-refractivity contribution is -0.136. The predicted octanol–water partition coefficient (Wildman–Crippen LogP) is 1.03. The number of anilines is 1. The molecule has 1 saturated heterocycles. The van der Waals surface area contributed by atoms with E-state index in [9.17, 15) is 19.2 Å². The molecule has 0 spiro atoms. The van der Waals surface area contributed by atoms with Gasteiger partial charge in [0.05, 0.1) is 43.4 Å². The number of benzene rings is 2. The zero-order valence-corrected chi connectivity index (χ0v) is 17.4. The van der Waals surface area contributed by atoms with Crippen molar-refractivity contribution in [1.29, 1.82) is 0 Å². The van der Waals surface area contributed by atoms with Gasteiger partial charge < -0.3 is 19.7 Å². The highest BCUT2D eigenvalue weighted by atomic mass is 16.5. The highest BCUT2D eigenvalue weighted by Crippen LogP contribution is 2.18. The minimum Gasteiger partial charge on any atom is -0.465 e. The van der Waals surface area contributed by atoms with E-state index < -0.39 is 17.8 Å². The molecule has 3 amide bonds. The van der Waals surface area contributed by atoms with Crippen molar-refractivity contribution in [2.75, 3.05) is 38.7 Å². The van der Waals surface area contributed by atoms with Crippen molar-refractivity contribution in [1.82, 2.24) is 10.3 Å². The Morgan fingerprint density at radius 3 is 2.38 bits per heavy atom. The molecule has 2 aromatic carbocycles. The molecule has 0 aromatic heterocycles. The van der Waals surface area contributed by atoms with E-state index in [1.807, 2.05) is 0 Å². The van der Waals surface area contributed by atoms with Crippen molar-refractivity contribution in [3.8, 4) is 0 Å². The van der Waals surface area contributed by atoms with Gasteiger partial charge in [0.1, 0.15) is 0 Å².